The monoisotopic (exact) mass is 216 g/mol. The highest BCUT2D eigenvalue weighted by molar-refractivity contribution is 5.31. The van der Waals surface area contributed by atoms with Crippen molar-refractivity contribution in [2.75, 3.05) is 0 Å². The van der Waals surface area contributed by atoms with E-state index in [0.717, 1.165) is 24.8 Å². The molecule has 0 radical (unpaired) electrons. The molecule has 1 saturated carbocycles. The van der Waals surface area contributed by atoms with Gasteiger partial charge < -0.3 is 10.5 Å². The first-order valence-corrected chi connectivity index (χ1v) is 5.64. The Kier molecular flexibility index (Phi) is 3.55. The second-order valence-electron chi connectivity index (χ2n) is 4.31. The van der Waals surface area contributed by atoms with Crippen molar-refractivity contribution in [2.45, 2.75) is 38.0 Å². The van der Waals surface area contributed by atoms with Gasteiger partial charge in [0.15, 0.2) is 0 Å². The highest BCUT2D eigenvalue weighted by atomic mass is 16.5. The summed E-state index contributed by atoms with van der Waals surface area (Å²) < 4.78 is 5.77. The molecule has 2 atom stereocenters. The lowest BCUT2D eigenvalue weighted by atomic mass is 10.1. The van der Waals surface area contributed by atoms with E-state index in [9.17, 15) is 0 Å². The van der Waals surface area contributed by atoms with Crippen molar-refractivity contribution in [3.63, 3.8) is 0 Å². The SMILES string of the molecule is N#Cc1ccc(COC2CCC(N)C2)cc1. The van der Waals surface area contributed by atoms with Gasteiger partial charge >= 0.3 is 0 Å². The summed E-state index contributed by atoms with van der Waals surface area (Å²) in [6.45, 7) is 0.614. The van der Waals surface area contributed by atoms with Gasteiger partial charge in [-0.1, -0.05) is 12.1 Å². The summed E-state index contributed by atoms with van der Waals surface area (Å²) in [5.74, 6) is 0. The molecule has 0 amide bonds. The zero-order chi connectivity index (χ0) is 11.4. The van der Waals surface area contributed by atoms with Crippen molar-refractivity contribution in [1.82, 2.24) is 0 Å². The second-order valence-corrected chi connectivity index (χ2v) is 4.31. The number of hydrogen-bond acceptors (Lipinski definition) is 3. The fraction of sp³-hybridized carbons (Fsp3) is 0.462. The molecule has 84 valence electrons. The Labute approximate surface area is 95.8 Å². The van der Waals surface area contributed by atoms with E-state index < -0.39 is 0 Å². The molecule has 0 bridgehead atoms. The predicted molar refractivity (Wildman–Crippen MR) is 61.6 cm³/mol. The van der Waals surface area contributed by atoms with Crippen LogP contribution in [0.5, 0.6) is 0 Å². The third-order valence-corrected chi connectivity index (χ3v) is 2.99. The van der Waals surface area contributed by atoms with Crippen molar-refractivity contribution >= 4 is 0 Å². The number of nitrogens with two attached hydrogens (primary N) is 1. The minimum absolute atomic E-state index is 0.311. The molecule has 3 heteroatoms. The molecule has 0 aromatic heterocycles. The fourth-order valence-electron chi connectivity index (χ4n) is 2.01. The molecule has 2 unspecified atom stereocenters. The molecule has 1 aromatic carbocycles. The minimum Gasteiger partial charge on any atom is -0.373 e. The fourth-order valence-corrected chi connectivity index (χ4v) is 2.01. The van der Waals surface area contributed by atoms with Crippen molar-refractivity contribution in [3.05, 3.63) is 35.4 Å². The van der Waals surface area contributed by atoms with E-state index in [-0.39, 0.29) is 0 Å². The van der Waals surface area contributed by atoms with E-state index in [4.69, 9.17) is 15.7 Å². The van der Waals surface area contributed by atoms with E-state index in [0.29, 0.717) is 24.3 Å². The molecule has 1 aliphatic rings. The maximum absolute atomic E-state index is 8.67. The number of benzene rings is 1. The predicted octanol–water partition coefficient (Wildman–Crippen LogP) is 1.95. The lowest BCUT2D eigenvalue weighted by molar-refractivity contribution is 0.0448. The van der Waals surface area contributed by atoms with Crippen LogP contribution in [0.1, 0.15) is 30.4 Å². The molecule has 1 aliphatic carbocycles. The average molecular weight is 216 g/mol. The molecule has 0 heterocycles. The van der Waals surface area contributed by atoms with E-state index in [1.54, 1.807) is 0 Å². The first-order valence-electron chi connectivity index (χ1n) is 5.64. The minimum atomic E-state index is 0.311. The average Bonchev–Trinajstić information content (AvgIpc) is 2.73. The van der Waals surface area contributed by atoms with Gasteiger partial charge in [0, 0.05) is 6.04 Å². The van der Waals surface area contributed by atoms with Crippen molar-refractivity contribution in [3.8, 4) is 6.07 Å². The summed E-state index contributed by atoms with van der Waals surface area (Å²) in [5.41, 5.74) is 7.61. The summed E-state index contributed by atoms with van der Waals surface area (Å²) in [6, 6.07) is 9.92. The quantitative estimate of drug-likeness (QED) is 0.840. The Hall–Kier alpha value is -1.37. The number of hydrogen-bond donors (Lipinski definition) is 1. The highest BCUT2D eigenvalue weighted by Crippen LogP contribution is 2.21. The molecule has 3 nitrogen and oxygen atoms in total. The van der Waals surface area contributed by atoms with Crippen LogP contribution in [0.4, 0.5) is 0 Å². The van der Waals surface area contributed by atoms with Gasteiger partial charge in [-0.05, 0) is 37.0 Å². The Balaban J connectivity index is 1.83. The van der Waals surface area contributed by atoms with E-state index >= 15 is 0 Å². The first kappa shape index (κ1) is 11.1. The number of ether oxygens (including phenoxy) is 1. The molecular formula is C13H16N2O. The van der Waals surface area contributed by atoms with Crippen LogP contribution in [0, 0.1) is 11.3 Å². The maximum Gasteiger partial charge on any atom is 0.0991 e. The number of nitrogens with zero attached hydrogens (tertiary/aromatic N) is 1. The van der Waals surface area contributed by atoms with Gasteiger partial charge in [-0.15, -0.1) is 0 Å². The first-order chi connectivity index (χ1) is 7.78. The molecule has 2 rings (SSSR count). The van der Waals surface area contributed by atoms with Crippen molar-refractivity contribution in [1.29, 1.82) is 5.26 Å². The molecule has 16 heavy (non-hydrogen) atoms. The van der Waals surface area contributed by atoms with E-state index in [1.807, 2.05) is 24.3 Å². The summed E-state index contributed by atoms with van der Waals surface area (Å²) in [6.07, 6.45) is 3.41. The lowest BCUT2D eigenvalue weighted by Gasteiger charge is -2.11. The third kappa shape index (κ3) is 2.82. The third-order valence-electron chi connectivity index (χ3n) is 2.99. The van der Waals surface area contributed by atoms with Crippen LogP contribution in [-0.4, -0.2) is 12.1 Å². The molecule has 1 fully saturated rings. The van der Waals surface area contributed by atoms with E-state index in [2.05, 4.69) is 6.07 Å². The van der Waals surface area contributed by atoms with Crippen LogP contribution < -0.4 is 5.73 Å². The standard InChI is InChI=1S/C13H16N2O/c14-8-10-1-3-11(4-2-10)9-16-13-6-5-12(15)7-13/h1-4,12-13H,5-7,9,15H2. The molecular weight excluding hydrogens is 200 g/mol. The lowest BCUT2D eigenvalue weighted by Crippen LogP contribution is -2.17. The van der Waals surface area contributed by atoms with Crippen LogP contribution in [0.25, 0.3) is 0 Å². The van der Waals surface area contributed by atoms with Gasteiger partial charge in [0.25, 0.3) is 0 Å². The van der Waals surface area contributed by atoms with Gasteiger partial charge in [0.05, 0.1) is 24.3 Å². The van der Waals surface area contributed by atoms with Crippen LogP contribution in [0.15, 0.2) is 24.3 Å². The number of nitriles is 1. The largest absolute Gasteiger partial charge is 0.373 e. The van der Waals surface area contributed by atoms with Gasteiger partial charge in [0.1, 0.15) is 0 Å². The van der Waals surface area contributed by atoms with Crippen LogP contribution in [0.3, 0.4) is 0 Å². The highest BCUT2D eigenvalue weighted by Gasteiger charge is 2.21. The van der Waals surface area contributed by atoms with Crippen LogP contribution >= 0.6 is 0 Å². The maximum atomic E-state index is 8.67. The summed E-state index contributed by atoms with van der Waals surface area (Å²) in [5, 5.41) is 8.67. The Morgan fingerprint density at radius 3 is 2.62 bits per heavy atom. The summed E-state index contributed by atoms with van der Waals surface area (Å²) >= 11 is 0. The van der Waals surface area contributed by atoms with Crippen LogP contribution in [0.2, 0.25) is 0 Å². The van der Waals surface area contributed by atoms with Crippen molar-refractivity contribution in [2.24, 2.45) is 5.73 Å². The topological polar surface area (TPSA) is 59.0 Å². The zero-order valence-electron chi connectivity index (χ0n) is 9.23. The molecule has 0 saturated heterocycles. The van der Waals surface area contributed by atoms with Gasteiger partial charge in [-0.25, -0.2) is 0 Å². The van der Waals surface area contributed by atoms with Gasteiger partial charge in [0.2, 0.25) is 0 Å². The molecule has 2 N–H and O–H groups in total. The van der Waals surface area contributed by atoms with E-state index in [1.165, 1.54) is 0 Å². The molecule has 0 spiro atoms. The molecule has 1 aromatic rings. The summed E-state index contributed by atoms with van der Waals surface area (Å²) in [7, 11) is 0. The Bertz CT molecular complexity index is 380. The Morgan fingerprint density at radius 1 is 1.31 bits per heavy atom. The van der Waals surface area contributed by atoms with Crippen LogP contribution in [-0.2, 0) is 11.3 Å². The second kappa shape index (κ2) is 5.11. The molecule has 0 aliphatic heterocycles. The zero-order valence-corrected chi connectivity index (χ0v) is 9.23. The normalized spacial score (nSPS) is 24.2. The Morgan fingerprint density at radius 2 is 2.06 bits per heavy atom. The summed E-state index contributed by atoms with van der Waals surface area (Å²) in [4.78, 5) is 0. The smallest absolute Gasteiger partial charge is 0.0991 e. The van der Waals surface area contributed by atoms with Crippen molar-refractivity contribution < 1.29 is 4.74 Å². The number of rotatable bonds is 3. The van der Waals surface area contributed by atoms with Gasteiger partial charge in [-0.2, -0.15) is 5.26 Å². The van der Waals surface area contributed by atoms with Gasteiger partial charge in [-0.3, -0.25) is 0 Å².